The Bertz CT molecular complexity index is 773. The van der Waals surface area contributed by atoms with Gasteiger partial charge in [-0.05, 0) is 43.9 Å². The summed E-state index contributed by atoms with van der Waals surface area (Å²) in [5.74, 6) is 2.00. The van der Waals surface area contributed by atoms with E-state index in [-0.39, 0.29) is 5.91 Å². The number of carbonyl (C=O) groups is 1. The number of anilines is 1. The molecule has 1 aromatic heterocycles. The van der Waals surface area contributed by atoms with Crippen LogP contribution in [0, 0.1) is 6.92 Å². The fourth-order valence-electron chi connectivity index (χ4n) is 3.45. The Morgan fingerprint density at radius 2 is 2.00 bits per heavy atom. The highest BCUT2D eigenvalue weighted by Crippen LogP contribution is 2.21. The van der Waals surface area contributed by atoms with Gasteiger partial charge in [0.15, 0.2) is 0 Å². The molecule has 1 aromatic carbocycles. The van der Waals surface area contributed by atoms with Gasteiger partial charge in [0.25, 0.3) is 5.91 Å². The molecule has 1 fully saturated rings. The van der Waals surface area contributed by atoms with E-state index in [1.54, 1.807) is 13.2 Å². The Morgan fingerprint density at radius 1 is 1.19 bits per heavy atom. The first-order chi connectivity index (χ1) is 13.1. The van der Waals surface area contributed by atoms with Crippen LogP contribution in [0.4, 0.5) is 5.82 Å². The molecule has 2 N–H and O–H groups in total. The lowest BCUT2D eigenvalue weighted by molar-refractivity contribution is 0.0949. The van der Waals surface area contributed by atoms with Crippen LogP contribution in [0.15, 0.2) is 30.3 Å². The van der Waals surface area contributed by atoms with Crippen LogP contribution in [0.1, 0.15) is 54.0 Å². The van der Waals surface area contributed by atoms with Gasteiger partial charge in [-0.3, -0.25) is 4.79 Å². The number of nitrogens with one attached hydrogen (secondary N) is 2. The molecule has 2 aromatic rings. The molecular formula is C21H28N4O2. The molecule has 0 aliphatic heterocycles. The Hall–Kier alpha value is -2.63. The van der Waals surface area contributed by atoms with Crippen molar-refractivity contribution in [3.05, 3.63) is 47.4 Å². The molecule has 1 saturated carbocycles. The normalized spacial score (nSPS) is 14.6. The van der Waals surface area contributed by atoms with E-state index in [4.69, 9.17) is 4.74 Å². The lowest BCUT2D eigenvalue weighted by atomic mass is 9.95. The number of nitrogens with zero attached hydrogens (tertiary/aromatic N) is 2. The molecule has 0 bridgehead atoms. The predicted octanol–water partition coefficient (Wildman–Crippen LogP) is 3.51. The maximum absolute atomic E-state index is 12.5. The highest BCUT2D eigenvalue weighted by molar-refractivity contribution is 5.92. The van der Waals surface area contributed by atoms with Crippen molar-refractivity contribution in [2.75, 3.05) is 19.0 Å². The summed E-state index contributed by atoms with van der Waals surface area (Å²) in [5.41, 5.74) is 1.53. The van der Waals surface area contributed by atoms with Crippen LogP contribution >= 0.6 is 0 Å². The Labute approximate surface area is 160 Å². The van der Waals surface area contributed by atoms with Gasteiger partial charge in [-0.15, -0.1) is 0 Å². The number of aromatic nitrogens is 2. The second-order valence-corrected chi connectivity index (χ2v) is 7.02. The van der Waals surface area contributed by atoms with E-state index < -0.39 is 0 Å². The van der Waals surface area contributed by atoms with Gasteiger partial charge in [0, 0.05) is 18.7 Å². The zero-order valence-corrected chi connectivity index (χ0v) is 16.1. The maximum Gasteiger partial charge on any atom is 0.270 e. The lowest BCUT2D eigenvalue weighted by Gasteiger charge is -2.23. The van der Waals surface area contributed by atoms with Crippen molar-refractivity contribution in [2.45, 2.75) is 51.5 Å². The van der Waals surface area contributed by atoms with E-state index in [2.05, 4.69) is 20.6 Å². The van der Waals surface area contributed by atoms with Gasteiger partial charge in [0.05, 0.1) is 7.11 Å². The van der Waals surface area contributed by atoms with Crippen LogP contribution in [0.25, 0.3) is 0 Å². The van der Waals surface area contributed by atoms with Crippen molar-refractivity contribution in [3.63, 3.8) is 0 Å². The molecule has 3 rings (SSSR count). The van der Waals surface area contributed by atoms with Gasteiger partial charge >= 0.3 is 0 Å². The monoisotopic (exact) mass is 368 g/mol. The number of methoxy groups -OCH3 is 1. The van der Waals surface area contributed by atoms with Crippen molar-refractivity contribution in [2.24, 2.45) is 0 Å². The van der Waals surface area contributed by atoms with E-state index in [1.165, 1.54) is 19.3 Å². The van der Waals surface area contributed by atoms with E-state index in [1.807, 2.05) is 31.2 Å². The average Bonchev–Trinajstić information content (AvgIpc) is 2.68. The molecule has 27 heavy (non-hydrogen) atoms. The molecule has 6 heteroatoms. The smallest absolute Gasteiger partial charge is 0.270 e. The fraction of sp³-hybridized carbons (Fsp3) is 0.476. The topological polar surface area (TPSA) is 76.1 Å². The van der Waals surface area contributed by atoms with Crippen molar-refractivity contribution in [3.8, 4) is 5.75 Å². The minimum absolute atomic E-state index is 0.171. The van der Waals surface area contributed by atoms with Crippen LogP contribution in [-0.2, 0) is 6.42 Å². The molecule has 1 amide bonds. The summed E-state index contributed by atoms with van der Waals surface area (Å²) in [6, 6.07) is 10.1. The molecule has 0 spiro atoms. The van der Waals surface area contributed by atoms with Gasteiger partial charge < -0.3 is 15.4 Å². The number of hydrogen-bond donors (Lipinski definition) is 2. The summed E-state index contributed by atoms with van der Waals surface area (Å²) in [6.45, 7) is 2.36. The molecule has 1 aliphatic carbocycles. The number of carbonyl (C=O) groups excluding carboxylic acids is 1. The van der Waals surface area contributed by atoms with Crippen molar-refractivity contribution < 1.29 is 9.53 Å². The number of rotatable bonds is 7. The van der Waals surface area contributed by atoms with E-state index in [0.717, 1.165) is 36.4 Å². The highest BCUT2D eigenvalue weighted by Gasteiger charge is 2.16. The largest absolute Gasteiger partial charge is 0.497 e. The number of benzene rings is 1. The second kappa shape index (κ2) is 9.35. The van der Waals surface area contributed by atoms with Gasteiger partial charge in [0.1, 0.15) is 23.1 Å². The first-order valence-electron chi connectivity index (χ1n) is 9.67. The number of hydrogen-bond acceptors (Lipinski definition) is 5. The molecule has 0 unspecified atom stereocenters. The summed E-state index contributed by atoms with van der Waals surface area (Å²) < 4.78 is 5.23. The van der Waals surface area contributed by atoms with E-state index in [9.17, 15) is 4.79 Å². The van der Waals surface area contributed by atoms with Crippen molar-refractivity contribution in [1.82, 2.24) is 15.3 Å². The number of aryl methyl sites for hydroxylation is 1. The zero-order chi connectivity index (χ0) is 19.1. The zero-order valence-electron chi connectivity index (χ0n) is 16.1. The summed E-state index contributed by atoms with van der Waals surface area (Å²) in [6.07, 6.45) is 6.86. The molecule has 1 heterocycles. The van der Waals surface area contributed by atoms with Crippen molar-refractivity contribution in [1.29, 1.82) is 0 Å². The van der Waals surface area contributed by atoms with Crippen LogP contribution in [0.5, 0.6) is 5.75 Å². The van der Waals surface area contributed by atoms with Crippen LogP contribution in [-0.4, -0.2) is 35.6 Å². The van der Waals surface area contributed by atoms with Crippen LogP contribution in [0.3, 0.4) is 0 Å². The summed E-state index contributed by atoms with van der Waals surface area (Å²) >= 11 is 0. The Kier molecular flexibility index (Phi) is 6.63. The second-order valence-electron chi connectivity index (χ2n) is 7.02. The average molecular weight is 368 g/mol. The van der Waals surface area contributed by atoms with Gasteiger partial charge in [0.2, 0.25) is 0 Å². The SMILES string of the molecule is COc1cccc(CCNC(=O)c2cc(NC3CCCCC3)nc(C)n2)c1. The summed E-state index contributed by atoms with van der Waals surface area (Å²) in [7, 11) is 1.65. The molecule has 0 saturated heterocycles. The minimum atomic E-state index is -0.171. The molecule has 0 atom stereocenters. The highest BCUT2D eigenvalue weighted by atomic mass is 16.5. The third-order valence-corrected chi connectivity index (χ3v) is 4.86. The lowest BCUT2D eigenvalue weighted by Crippen LogP contribution is -2.28. The first kappa shape index (κ1) is 19.1. The predicted molar refractivity (Wildman–Crippen MR) is 106 cm³/mol. The van der Waals surface area contributed by atoms with Gasteiger partial charge in [-0.1, -0.05) is 31.4 Å². The third-order valence-electron chi connectivity index (χ3n) is 4.86. The van der Waals surface area contributed by atoms with E-state index >= 15 is 0 Å². The quantitative estimate of drug-likeness (QED) is 0.782. The molecular weight excluding hydrogens is 340 g/mol. The number of amides is 1. The van der Waals surface area contributed by atoms with Gasteiger partial charge in [-0.25, -0.2) is 9.97 Å². The Morgan fingerprint density at radius 3 is 2.78 bits per heavy atom. The maximum atomic E-state index is 12.5. The summed E-state index contributed by atoms with van der Waals surface area (Å²) in [5, 5.41) is 6.41. The van der Waals surface area contributed by atoms with Crippen LogP contribution < -0.4 is 15.4 Å². The third kappa shape index (κ3) is 5.67. The summed E-state index contributed by atoms with van der Waals surface area (Å²) in [4.78, 5) is 21.2. The van der Waals surface area contributed by atoms with Crippen molar-refractivity contribution >= 4 is 11.7 Å². The van der Waals surface area contributed by atoms with Crippen LogP contribution in [0.2, 0.25) is 0 Å². The molecule has 1 aliphatic rings. The Balaban J connectivity index is 1.57. The van der Waals surface area contributed by atoms with E-state index in [0.29, 0.717) is 24.1 Å². The molecule has 0 radical (unpaired) electrons. The minimum Gasteiger partial charge on any atom is -0.497 e. The molecule has 144 valence electrons. The molecule has 6 nitrogen and oxygen atoms in total. The number of ether oxygens (including phenoxy) is 1. The fourth-order valence-corrected chi connectivity index (χ4v) is 3.45. The first-order valence-corrected chi connectivity index (χ1v) is 9.67. The standard InChI is InChI=1S/C21H28N4O2/c1-15-23-19(14-20(24-15)25-17-8-4-3-5-9-17)21(26)22-12-11-16-7-6-10-18(13-16)27-2/h6-7,10,13-14,17H,3-5,8-9,11-12H2,1-2H3,(H,22,26)(H,23,24,25). The van der Waals surface area contributed by atoms with Gasteiger partial charge in [-0.2, -0.15) is 0 Å².